The van der Waals surface area contributed by atoms with E-state index < -0.39 is 0 Å². The Morgan fingerprint density at radius 1 is 0.854 bits per heavy atom. The summed E-state index contributed by atoms with van der Waals surface area (Å²) >= 11 is 1.58. The van der Waals surface area contributed by atoms with Crippen LogP contribution in [0.4, 0.5) is 15.2 Å². The van der Waals surface area contributed by atoms with Crippen LogP contribution in [0.2, 0.25) is 0 Å². The molecule has 1 fully saturated rings. The van der Waals surface area contributed by atoms with Gasteiger partial charge in [0.15, 0.2) is 5.13 Å². The number of carbonyl (C=O) groups is 1. The number of benzene rings is 3. The van der Waals surface area contributed by atoms with E-state index in [1.165, 1.54) is 35.7 Å². The molecule has 3 heterocycles. The number of carbonyl (C=O) groups excluding carboxylic acids is 1. The molecule has 0 radical (unpaired) electrons. The van der Waals surface area contributed by atoms with E-state index in [1.807, 2.05) is 5.38 Å². The number of hydrogen-bond donors (Lipinski definition) is 0. The van der Waals surface area contributed by atoms with Gasteiger partial charge in [0.2, 0.25) is 0 Å². The van der Waals surface area contributed by atoms with Crippen molar-refractivity contribution in [3.8, 4) is 0 Å². The lowest BCUT2D eigenvalue weighted by Gasteiger charge is -2.39. The highest BCUT2D eigenvalue weighted by atomic mass is 32.1. The van der Waals surface area contributed by atoms with Crippen molar-refractivity contribution in [1.29, 1.82) is 0 Å². The minimum Gasteiger partial charge on any atom is -0.346 e. The standard InChI is InChI=1S/C32H29FN6OS/c33-27-11-13-29(14-12-27)39(31(40)26-15-16-34-35-21-26)22-28-23-41-32(36-28)38-19-17-37(18-20-38)30(24-7-3-1-4-8-24)25-9-5-2-6-10-25/h1-16,21,23,30H,17-20,22H2. The van der Waals surface area contributed by atoms with Crippen LogP contribution in [0.5, 0.6) is 0 Å². The van der Waals surface area contributed by atoms with Crippen LogP contribution < -0.4 is 9.80 Å². The third kappa shape index (κ3) is 6.16. The highest BCUT2D eigenvalue weighted by Crippen LogP contribution is 2.31. The summed E-state index contributed by atoms with van der Waals surface area (Å²) in [6, 6.07) is 29.1. The Bertz CT molecular complexity index is 1520. The average Bonchev–Trinajstić information content (AvgIpc) is 3.51. The summed E-state index contributed by atoms with van der Waals surface area (Å²) in [6.45, 7) is 3.77. The van der Waals surface area contributed by atoms with Crippen LogP contribution in [0.1, 0.15) is 33.2 Å². The van der Waals surface area contributed by atoms with Gasteiger partial charge in [0.25, 0.3) is 5.91 Å². The molecule has 0 aliphatic carbocycles. The lowest BCUT2D eigenvalue weighted by Crippen LogP contribution is -2.48. The maximum Gasteiger partial charge on any atom is 0.260 e. The fourth-order valence-electron chi connectivity index (χ4n) is 5.21. The number of nitrogens with zero attached hydrogens (tertiary/aromatic N) is 6. The molecule has 9 heteroatoms. The van der Waals surface area contributed by atoms with Crippen LogP contribution in [0.25, 0.3) is 0 Å². The normalized spacial score (nSPS) is 13.9. The molecule has 0 bridgehead atoms. The number of anilines is 2. The molecule has 1 aliphatic heterocycles. The molecule has 1 saturated heterocycles. The fourth-order valence-corrected chi connectivity index (χ4v) is 6.08. The highest BCUT2D eigenvalue weighted by Gasteiger charge is 2.28. The van der Waals surface area contributed by atoms with Crippen LogP contribution in [-0.2, 0) is 6.54 Å². The molecule has 6 rings (SSSR count). The zero-order valence-electron chi connectivity index (χ0n) is 22.4. The van der Waals surface area contributed by atoms with Crippen molar-refractivity contribution in [2.45, 2.75) is 12.6 Å². The number of halogens is 1. The smallest absolute Gasteiger partial charge is 0.260 e. The monoisotopic (exact) mass is 564 g/mol. The second-order valence-corrected chi connectivity index (χ2v) is 10.7. The van der Waals surface area contributed by atoms with Crippen molar-refractivity contribution in [2.24, 2.45) is 0 Å². The molecule has 3 aromatic carbocycles. The summed E-state index contributed by atoms with van der Waals surface area (Å²) < 4.78 is 13.6. The third-order valence-corrected chi connectivity index (χ3v) is 8.21. The number of thiazole rings is 1. The van der Waals surface area contributed by atoms with Gasteiger partial charge >= 0.3 is 0 Å². The minimum atomic E-state index is -0.358. The van der Waals surface area contributed by atoms with Gasteiger partial charge in [-0.15, -0.1) is 11.3 Å². The predicted molar refractivity (Wildman–Crippen MR) is 160 cm³/mol. The van der Waals surface area contributed by atoms with Crippen molar-refractivity contribution in [3.05, 3.63) is 137 Å². The molecule has 1 amide bonds. The van der Waals surface area contributed by atoms with E-state index in [1.54, 1.807) is 34.4 Å². The Labute approximate surface area is 242 Å². The van der Waals surface area contributed by atoms with Crippen molar-refractivity contribution in [1.82, 2.24) is 20.1 Å². The summed E-state index contributed by atoms with van der Waals surface area (Å²) in [5.41, 5.74) is 4.35. The molecule has 0 unspecified atom stereocenters. The minimum absolute atomic E-state index is 0.198. The summed E-state index contributed by atoms with van der Waals surface area (Å²) in [4.78, 5) is 24.8. The van der Waals surface area contributed by atoms with Gasteiger partial charge in [-0.1, -0.05) is 60.7 Å². The Kier molecular flexibility index (Phi) is 8.06. The predicted octanol–water partition coefficient (Wildman–Crippen LogP) is 5.83. The molecule has 0 atom stereocenters. The molecule has 0 spiro atoms. The van der Waals surface area contributed by atoms with Crippen LogP contribution in [0, 0.1) is 5.82 Å². The molecule has 0 saturated carbocycles. The average molecular weight is 565 g/mol. The van der Waals surface area contributed by atoms with Gasteiger partial charge in [-0.2, -0.15) is 10.2 Å². The van der Waals surface area contributed by atoms with Gasteiger partial charge < -0.3 is 9.80 Å². The SMILES string of the molecule is O=C(c1ccnnc1)N(Cc1csc(N2CCN(C(c3ccccc3)c3ccccc3)CC2)n1)c1ccc(F)cc1. The summed E-state index contributed by atoms with van der Waals surface area (Å²) in [5, 5.41) is 10.5. The van der Waals surface area contributed by atoms with Gasteiger partial charge in [0.1, 0.15) is 5.82 Å². The van der Waals surface area contributed by atoms with Gasteiger partial charge in [-0.3, -0.25) is 9.69 Å². The van der Waals surface area contributed by atoms with Crippen LogP contribution >= 0.6 is 11.3 Å². The first-order valence-electron chi connectivity index (χ1n) is 13.5. The summed E-state index contributed by atoms with van der Waals surface area (Å²) in [6.07, 6.45) is 2.92. The lowest BCUT2D eigenvalue weighted by atomic mass is 9.96. The number of rotatable bonds is 8. The number of hydrogen-bond acceptors (Lipinski definition) is 7. The van der Waals surface area contributed by atoms with E-state index in [0.29, 0.717) is 11.3 Å². The first-order valence-corrected chi connectivity index (χ1v) is 14.4. The van der Waals surface area contributed by atoms with E-state index >= 15 is 0 Å². The topological polar surface area (TPSA) is 65.5 Å². The Morgan fingerprint density at radius 2 is 1.51 bits per heavy atom. The third-order valence-electron chi connectivity index (χ3n) is 7.25. The van der Waals surface area contributed by atoms with Gasteiger partial charge in [0.05, 0.1) is 36.2 Å². The maximum atomic E-state index is 13.6. The molecular formula is C32H29FN6OS. The lowest BCUT2D eigenvalue weighted by molar-refractivity contribution is 0.0984. The van der Waals surface area contributed by atoms with E-state index in [-0.39, 0.29) is 24.3 Å². The van der Waals surface area contributed by atoms with Gasteiger partial charge in [-0.25, -0.2) is 9.37 Å². The largest absolute Gasteiger partial charge is 0.346 e. The van der Waals surface area contributed by atoms with Crippen molar-refractivity contribution < 1.29 is 9.18 Å². The zero-order chi connectivity index (χ0) is 28.0. The van der Waals surface area contributed by atoms with Crippen molar-refractivity contribution in [2.75, 3.05) is 36.0 Å². The van der Waals surface area contributed by atoms with E-state index in [2.05, 4.69) is 80.7 Å². The highest BCUT2D eigenvalue weighted by molar-refractivity contribution is 7.13. The molecule has 0 N–H and O–H groups in total. The molecular weight excluding hydrogens is 535 g/mol. The quantitative estimate of drug-likeness (QED) is 0.236. The maximum absolute atomic E-state index is 13.6. The fraction of sp³-hybridized carbons (Fsp3) is 0.188. The molecule has 2 aromatic heterocycles. The van der Waals surface area contributed by atoms with E-state index in [4.69, 9.17) is 4.98 Å². The van der Waals surface area contributed by atoms with E-state index in [0.717, 1.165) is 37.0 Å². The summed E-state index contributed by atoms with van der Waals surface area (Å²) in [7, 11) is 0. The van der Waals surface area contributed by atoms with Crippen molar-refractivity contribution in [3.63, 3.8) is 0 Å². The van der Waals surface area contributed by atoms with Crippen LogP contribution in [0.15, 0.2) is 109 Å². The number of piperazine rings is 1. The van der Waals surface area contributed by atoms with Gasteiger partial charge in [0, 0.05) is 37.2 Å². The number of amides is 1. The second-order valence-electron chi connectivity index (χ2n) is 9.87. The van der Waals surface area contributed by atoms with Gasteiger partial charge in [-0.05, 0) is 41.5 Å². The Balaban J connectivity index is 1.17. The van der Waals surface area contributed by atoms with Crippen molar-refractivity contribution >= 4 is 28.1 Å². The number of aromatic nitrogens is 3. The summed E-state index contributed by atoms with van der Waals surface area (Å²) in [5.74, 6) is -0.605. The molecule has 5 aromatic rings. The first-order chi connectivity index (χ1) is 20.2. The van der Waals surface area contributed by atoms with E-state index in [9.17, 15) is 9.18 Å². The molecule has 206 valence electrons. The molecule has 41 heavy (non-hydrogen) atoms. The zero-order valence-corrected chi connectivity index (χ0v) is 23.2. The van der Waals surface area contributed by atoms with Crippen LogP contribution in [0.3, 0.4) is 0 Å². The second kappa shape index (κ2) is 12.4. The molecule has 1 aliphatic rings. The molecule has 7 nitrogen and oxygen atoms in total. The Morgan fingerprint density at radius 3 is 2.12 bits per heavy atom. The Hall–Kier alpha value is -4.47. The van der Waals surface area contributed by atoms with Crippen LogP contribution in [-0.4, -0.2) is 52.2 Å². The first kappa shape index (κ1) is 26.7.